The number of unbranched alkanes of at least 4 members (excludes halogenated alkanes) is 1. The predicted octanol–water partition coefficient (Wildman–Crippen LogP) is 5.24. The fourth-order valence-corrected chi connectivity index (χ4v) is 2.57. The molecule has 0 radical (unpaired) electrons. The third kappa shape index (κ3) is 5.25. The standard InChI is InChI=1S/C19H24N2OS/c1-3-5-10-15-11-6-7-12-16(15)20-19(23)21-17-13-8-9-14-18(17)22-4-2/h6-9,11-14H,3-5,10H2,1-2H3,(H2,20,21,23). The number of anilines is 2. The lowest BCUT2D eigenvalue weighted by molar-refractivity contribution is 0.342. The highest BCUT2D eigenvalue weighted by molar-refractivity contribution is 7.80. The van der Waals surface area contributed by atoms with Crippen molar-refractivity contribution in [1.29, 1.82) is 0 Å². The van der Waals surface area contributed by atoms with Gasteiger partial charge in [0, 0.05) is 5.69 Å². The van der Waals surface area contributed by atoms with E-state index in [-0.39, 0.29) is 0 Å². The lowest BCUT2D eigenvalue weighted by atomic mass is 10.1. The van der Waals surface area contributed by atoms with Crippen LogP contribution in [0.3, 0.4) is 0 Å². The molecule has 0 heterocycles. The Labute approximate surface area is 144 Å². The molecule has 0 aliphatic heterocycles. The van der Waals surface area contributed by atoms with E-state index in [0.717, 1.165) is 23.5 Å². The lowest BCUT2D eigenvalue weighted by Crippen LogP contribution is -2.20. The van der Waals surface area contributed by atoms with Crippen molar-refractivity contribution in [2.24, 2.45) is 0 Å². The second-order valence-corrected chi connectivity index (χ2v) is 5.68. The van der Waals surface area contributed by atoms with E-state index in [1.54, 1.807) is 0 Å². The molecule has 2 N–H and O–H groups in total. The number of thiocarbonyl (C=S) groups is 1. The number of para-hydroxylation sites is 3. The number of aryl methyl sites for hydroxylation is 1. The number of ether oxygens (including phenoxy) is 1. The van der Waals surface area contributed by atoms with E-state index in [0.29, 0.717) is 11.7 Å². The zero-order valence-electron chi connectivity index (χ0n) is 13.8. The Morgan fingerprint density at radius 3 is 2.35 bits per heavy atom. The molecule has 0 saturated heterocycles. The molecule has 2 rings (SSSR count). The molecule has 0 amide bonds. The third-order valence-corrected chi connectivity index (χ3v) is 3.70. The van der Waals surface area contributed by atoms with Crippen LogP contribution in [0.2, 0.25) is 0 Å². The van der Waals surface area contributed by atoms with Crippen LogP contribution in [-0.4, -0.2) is 11.7 Å². The summed E-state index contributed by atoms with van der Waals surface area (Å²) in [6, 6.07) is 16.1. The van der Waals surface area contributed by atoms with Crippen molar-refractivity contribution in [2.75, 3.05) is 17.2 Å². The quantitative estimate of drug-likeness (QED) is 0.681. The summed E-state index contributed by atoms with van der Waals surface area (Å²) in [6.45, 7) is 4.79. The molecule has 2 aromatic rings. The molecule has 0 saturated carbocycles. The molecule has 122 valence electrons. The van der Waals surface area contributed by atoms with Gasteiger partial charge < -0.3 is 15.4 Å². The molecule has 4 heteroatoms. The van der Waals surface area contributed by atoms with Crippen LogP contribution in [0.25, 0.3) is 0 Å². The molecule has 2 aromatic carbocycles. The highest BCUT2D eigenvalue weighted by Gasteiger charge is 2.07. The summed E-state index contributed by atoms with van der Waals surface area (Å²) in [5.74, 6) is 0.804. The van der Waals surface area contributed by atoms with Gasteiger partial charge in [0.05, 0.1) is 12.3 Å². The first-order chi connectivity index (χ1) is 11.2. The van der Waals surface area contributed by atoms with Crippen LogP contribution in [0.1, 0.15) is 32.3 Å². The highest BCUT2D eigenvalue weighted by atomic mass is 32.1. The topological polar surface area (TPSA) is 33.3 Å². The molecule has 23 heavy (non-hydrogen) atoms. The highest BCUT2D eigenvalue weighted by Crippen LogP contribution is 2.24. The number of benzene rings is 2. The van der Waals surface area contributed by atoms with Crippen molar-refractivity contribution in [2.45, 2.75) is 33.1 Å². The van der Waals surface area contributed by atoms with E-state index >= 15 is 0 Å². The molecule has 0 spiro atoms. The summed E-state index contributed by atoms with van der Waals surface area (Å²) in [5, 5.41) is 7.09. The van der Waals surface area contributed by atoms with Gasteiger partial charge in [-0.1, -0.05) is 43.7 Å². The molecule has 0 aromatic heterocycles. The fourth-order valence-electron chi connectivity index (χ4n) is 2.35. The molecule has 0 unspecified atom stereocenters. The van der Waals surface area contributed by atoms with Crippen LogP contribution in [0.5, 0.6) is 5.75 Å². The van der Waals surface area contributed by atoms with Crippen molar-refractivity contribution in [3.8, 4) is 5.75 Å². The van der Waals surface area contributed by atoms with Crippen molar-refractivity contribution in [3.63, 3.8) is 0 Å². The Morgan fingerprint density at radius 2 is 1.61 bits per heavy atom. The summed E-state index contributed by atoms with van der Waals surface area (Å²) in [4.78, 5) is 0. The number of hydrogen-bond acceptors (Lipinski definition) is 2. The van der Waals surface area contributed by atoms with Crippen molar-refractivity contribution < 1.29 is 4.74 Å². The zero-order chi connectivity index (χ0) is 16.5. The Balaban J connectivity index is 2.05. The smallest absolute Gasteiger partial charge is 0.175 e. The van der Waals surface area contributed by atoms with Gasteiger partial charge in [0.1, 0.15) is 5.75 Å². The second-order valence-electron chi connectivity index (χ2n) is 5.27. The minimum atomic E-state index is 0.570. The number of rotatable bonds is 7. The summed E-state index contributed by atoms with van der Waals surface area (Å²) in [5.41, 5.74) is 3.22. The fraction of sp³-hybridized carbons (Fsp3) is 0.316. The molecule has 0 aliphatic carbocycles. The Hall–Kier alpha value is -2.07. The summed E-state index contributed by atoms with van der Waals surface area (Å²) in [6.07, 6.45) is 3.41. The van der Waals surface area contributed by atoms with Gasteiger partial charge in [-0.2, -0.15) is 0 Å². The Kier molecular flexibility index (Phi) is 6.88. The van der Waals surface area contributed by atoms with Crippen LogP contribution in [0.15, 0.2) is 48.5 Å². The largest absolute Gasteiger partial charge is 0.492 e. The van der Waals surface area contributed by atoms with Crippen LogP contribution in [0.4, 0.5) is 11.4 Å². The van der Waals surface area contributed by atoms with Crippen molar-refractivity contribution >= 4 is 28.7 Å². The second kappa shape index (κ2) is 9.16. The average Bonchev–Trinajstić information content (AvgIpc) is 2.56. The zero-order valence-corrected chi connectivity index (χ0v) is 14.6. The van der Waals surface area contributed by atoms with Crippen molar-refractivity contribution in [3.05, 3.63) is 54.1 Å². The van der Waals surface area contributed by atoms with Gasteiger partial charge in [0.25, 0.3) is 0 Å². The average molecular weight is 328 g/mol. The molecule has 0 bridgehead atoms. The van der Waals surface area contributed by atoms with E-state index in [9.17, 15) is 0 Å². The van der Waals surface area contributed by atoms with Gasteiger partial charge in [0.2, 0.25) is 0 Å². The van der Waals surface area contributed by atoms with Crippen molar-refractivity contribution in [1.82, 2.24) is 0 Å². The summed E-state index contributed by atoms with van der Waals surface area (Å²) < 4.78 is 5.62. The SMILES string of the molecule is CCCCc1ccccc1NC(=S)Nc1ccccc1OCC. The van der Waals surface area contributed by atoms with E-state index in [4.69, 9.17) is 17.0 Å². The molecular weight excluding hydrogens is 304 g/mol. The van der Waals surface area contributed by atoms with E-state index in [1.165, 1.54) is 18.4 Å². The first-order valence-corrected chi connectivity index (χ1v) is 8.53. The van der Waals surface area contributed by atoms with Gasteiger partial charge in [-0.3, -0.25) is 0 Å². The molecule has 0 fully saturated rings. The first kappa shape index (κ1) is 17.3. The van der Waals surface area contributed by atoms with Gasteiger partial charge in [-0.15, -0.1) is 0 Å². The monoisotopic (exact) mass is 328 g/mol. The summed E-state index contributed by atoms with van der Waals surface area (Å²) >= 11 is 5.46. The number of hydrogen-bond donors (Lipinski definition) is 2. The minimum Gasteiger partial charge on any atom is -0.492 e. The van der Waals surface area contributed by atoms with Crippen LogP contribution >= 0.6 is 12.2 Å². The van der Waals surface area contributed by atoms with E-state index in [2.05, 4.69) is 35.8 Å². The van der Waals surface area contributed by atoms with Crippen LogP contribution in [-0.2, 0) is 6.42 Å². The van der Waals surface area contributed by atoms with E-state index < -0.39 is 0 Å². The maximum Gasteiger partial charge on any atom is 0.175 e. The maximum absolute atomic E-state index is 5.62. The first-order valence-electron chi connectivity index (χ1n) is 8.12. The van der Waals surface area contributed by atoms with E-state index in [1.807, 2.05) is 37.3 Å². The van der Waals surface area contributed by atoms with Gasteiger partial charge >= 0.3 is 0 Å². The predicted molar refractivity (Wildman–Crippen MR) is 103 cm³/mol. The van der Waals surface area contributed by atoms with Crippen LogP contribution in [0, 0.1) is 0 Å². The Bertz CT molecular complexity index is 643. The number of nitrogens with one attached hydrogen (secondary N) is 2. The minimum absolute atomic E-state index is 0.570. The van der Waals surface area contributed by atoms with Gasteiger partial charge in [0.15, 0.2) is 5.11 Å². The Morgan fingerprint density at radius 1 is 0.957 bits per heavy atom. The van der Waals surface area contributed by atoms with Gasteiger partial charge in [-0.25, -0.2) is 0 Å². The third-order valence-electron chi connectivity index (χ3n) is 3.50. The van der Waals surface area contributed by atoms with Crippen LogP contribution < -0.4 is 15.4 Å². The maximum atomic E-state index is 5.62. The molecule has 0 aliphatic rings. The summed E-state index contributed by atoms with van der Waals surface area (Å²) in [7, 11) is 0. The lowest BCUT2D eigenvalue weighted by Gasteiger charge is -2.16. The normalized spacial score (nSPS) is 10.2. The molecule has 3 nitrogen and oxygen atoms in total. The molecule has 0 atom stereocenters. The molecular formula is C19H24N2OS. The van der Waals surface area contributed by atoms with Gasteiger partial charge in [-0.05, 0) is 55.7 Å².